The summed E-state index contributed by atoms with van der Waals surface area (Å²) < 4.78 is 0. The quantitative estimate of drug-likeness (QED) is 0.833. The summed E-state index contributed by atoms with van der Waals surface area (Å²) in [5.41, 5.74) is 0. The first-order valence-corrected chi connectivity index (χ1v) is 6.18. The van der Waals surface area contributed by atoms with E-state index in [9.17, 15) is 4.79 Å². The Kier molecular flexibility index (Phi) is 4.29. The van der Waals surface area contributed by atoms with E-state index >= 15 is 0 Å². The van der Waals surface area contributed by atoms with Crippen LogP contribution in [0.15, 0.2) is 6.20 Å². The molecule has 0 aliphatic heterocycles. The number of aromatic nitrogens is 1. The molecule has 1 aromatic rings. The van der Waals surface area contributed by atoms with Crippen LogP contribution in [0.5, 0.6) is 0 Å². The van der Waals surface area contributed by atoms with E-state index in [1.807, 2.05) is 13.8 Å². The average Bonchev–Trinajstić information content (AvgIpc) is 2.61. The highest BCUT2D eigenvalue weighted by Crippen LogP contribution is 2.26. The van der Waals surface area contributed by atoms with Crippen LogP contribution in [0.3, 0.4) is 0 Å². The Morgan fingerprint density at radius 2 is 2.06 bits per heavy atom. The summed E-state index contributed by atoms with van der Waals surface area (Å²) in [6.45, 7) is 7.94. The second-order valence-corrected chi connectivity index (χ2v) is 5.49. The van der Waals surface area contributed by atoms with Crippen molar-refractivity contribution >= 4 is 22.4 Å². The Hall–Kier alpha value is -1.10. The molecule has 0 aliphatic rings. The molecule has 0 saturated heterocycles. The molecule has 0 aromatic carbocycles. The lowest BCUT2D eigenvalue weighted by atomic mass is 10.1. The molecule has 0 amide bonds. The van der Waals surface area contributed by atoms with Gasteiger partial charge in [0, 0.05) is 11.1 Å². The maximum absolute atomic E-state index is 11.0. The van der Waals surface area contributed by atoms with Gasteiger partial charge in [0.1, 0.15) is 6.04 Å². The third-order valence-corrected chi connectivity index (χ3v) is 3.53. The Morgan fingerprint density at radius 3 is 2.44 bits per heavy atom. The molecule has 1 heterocycles. The zero-order chi connectivity index (χ0) is 12.3. The van der Waals surface area contributed by atoms with Crippen molar-refractivity contribution in [2.24, 2.45) is 5.92 Å². The zero-order valence-corrected chi connectivity index (χ0v) is 10.8. The maximum atomic E-state index is 11.0. The molecule has 0 unspecified atom stereocenters. The lowest BCUT2D eigenvalue weighted by molar-refractivity contribution is -0.138. The van der Waals surface area contributed by atoms with Crippen molar-refractivity contribution in [2.75, 3.05) is 5.32 Å². The van der Waals surface area contributed by atoms with E-state index in [0.717, 1.165) is 4.88 Å². The molecular formula is C11H18N2O2S. The van der Waals surface area contributed by atoms with Crippen LogP contribution in [-0.2, 0) is 4.79 Å². The number of carboxylic acids is 1. The Morgan fingerprint density at radius 1 is 1.44 bits per heavy atom. The van der Waals surface area contributed by atoms with Crippen LogP contribution in [0.1, 0.15) is 38.5 Å². The molecule has 0 radical (unpaired) electrons. The van der Waals surface area contributed by atoms with Crippen LogP contribution in [0, 0.1) is 5.92 Å². The maximum Gasteiger partial charge on any atom is 0.326 e. The van der Waals surface area contributed by atoms with Gasteiger partial charge in [-0.15, -0.1) is 11.3 Å². The van der Waals surface area contributed by atoms with Gasteiger partial charge < -0.3 is 10.4 Å². The third-order valence-electron chi connectivity index (χ3n) is 2.30. The second-order valence-electron chi connectivity index (χ2n) is 4.43. The van der Waals surface area contributed by atoms with Crippen molar-refractivity contribution in [1.82, 2.24) is 4.98 Å². The number of anilines is 1. The van der Waals surface area contributed by atoms with E-state index < -0.39 is 12.0 Å². The lowest BCUT2D eigenvalue weighted by Gasteiger charge is -2.16. The number of nitrogens with one attached hydrogen (secondary N) is 1. The van der Waals surface area contributed by atoms with Crippen molar-refractivity contribution in [2.45, 2.75) is 39.7 Å². The first-order valence-electron chi connectivity index (χ1n) is 5.37. The minimum atomic E-state index is -0.837. The molecule has 0 bridgehead atoms. The number of rotatable bonds is 5. The topological polar surface area (TPSA) is 62.2 Å². The summed E-state index contributed by atoms with van der Waals surface area (Å²) in [6.07, 6.45) is 1.80. The normalized spacial score (nSPS) is 13.1. The van der Waals surface area contributed by atoms with Crippen molar-refractivity contribution in [3.8, 4) is 0 Å². The largest absolute Gasteiger partial charge is 0.480 e. The molecular weight excluding hydrogens is 224 g/mol. The van der Waals surface area contributed by atoms with Gasteiger partial charge in [0.15, 0.2) is 5.13 Å². The van der Waals surface area contributed by atoms with E-state index in [4.69, 9.17) is 5.11 Å². The van der Waals surface area contributed by atoms with Crippen LogP contribution in [0.2, 0.25) is 0 Å². The van der Waals surface area contributed by atoms with Crippen molar-refractivity contribution in [3.63, 3.8) is 0 Å². The number of hydrogen-bond donors (Lipinski definition) is 2. The van der Waals surface area contributed by atoms with Crippen LogP contribution >= 0.6 is 11.3 Å². The van der Waals surface area contributed by atoms with Gasteiger partial charge in [0.05, 0.1) is 0 Å². The first-order chi connectivity index (χ1) is 7.41. The molecule has 1 atom stereocenters. The van der Waals surface area contributed by atoms with E-state index in [1.54, 1.807) is 6.20 Å². The number of carboxylic acid groups (broad SMARTS) is 1. The summed E-state index contributed by atoms with van der Waals surface area (Å²) >= 11 is 1.52. The molecule has 0 fully saturated rings. The zero-order valence-electron chi connectivity index (χ0n) is 10.0. The average molecular weight is 242 g/mol. The lowest BCUT2D eigenvalue weighted by Crippen LogP contribution is -2.34. The molecule has 1 rings (SSSR count). The summed E-state index contributed by atoms with van der Waals surface area (Å²) in [5.74, 6) is -0.379. The van der Waals surface area contributed by atoms with Gasteiger partial charge in [-0.05, 0) is 11.8 Å². The van der Waals surface area contributed by atoms with Crippen molar-refractivity contribution < 1.29 is 9.90 Å². The highest BCUT2D eigenvalue weighted by Gasteiger charge is 2.22. The number of thiazole rings is 1. The second kappa shape index (κ2) is 5.30. The molecule has 90 valence electrons. The van der Waals surface area contributed by atoms with Gasteiger partial charge in [0.2, 0.25) is 0 Å². The van der Waals surface area contributed by atoms with E-state index in [2.05, 4.69) is 24.1 Å². The van der Waals surface area contributed by atoms with Crippen molar-refractivity contribution in [3.05, 3.63) is 11.1 Å². The van der Waals surface area contributed by atoms with E-state index in [-0.39, 0.29) is 5.92 Å². The minimum absolute atomic E-state index is 0.0314. The summed E-state index contributed by atoms with van der Waals surface area (Å²) in [6, 6.07) is -0.578. The van der Waals surface area contributed by atoms with Crippen LogP contribution in [-0.4, -0.2) is 22.1 Å². The summed E-state index contributed by atoms with van der Waals surface area (Å²) in [4.78, 5) is 16.3. The summed E-state index contributed by atoms with van der Waals surface area (Å²) in [5, 5.41) is 12.7. The highest BCUT2D eigenvalue weighted by molar-refractivity contribution is 7.15. The standard InChI is InChI=1S/C11H18N2O2S/c1-6(2)8-5-12-11(16-8)13-9(7(3)4)10(14)15/h5-7,9H,1-4H3,(H,12,13)(H,14,15)/t9-/m1/s1. The Bertz CT molecular complexity index is 361. The summed E-state index contributed by atoms with van der Waals surface area (Å²) in [7, 11) is 0. The van der Waals surface area contributed by atoms with E-state index in [1.165, 1.54) is 11.3 Å². The number of carbonyl (C=O) groups is 1. The molecule has 4 nitrogen and oxygen atoms in total. The third kappa shape index (κ3) is 3.20. The SMILES string of the molecule is CC(C)c1cnc(N[C@@H](C(=O)O)C(C)C)s1. The molecule has 2 N–H and O–H groups in total. The predicted octanol–water partition coefficient (Wildman–Crippen LogP) is 2.79. The monoisotopic (exact) mass is 242 g/mol. The fourth-order valence-corrected chi connectivity index (χ4v) is 2.12. The predicted molar refractivity (Wildman–Crippen MR) is 66.1 cm³/mol. The fourth-order valence-electron chi connectivity index (χ4n) is 1.27. The van der Waals surface area contributed by atoms with Crippen LogP contribution in [0.25, 0.3) is 0 Å². The minimum Gasteiger partial charge on any atom is -0.480 e. The van der Waals surface area contributed by atoms with E-state index in [0.29, 0.717) is 11.0 Å². The number of hydrogen-bond acceptors (Lipinski definition) is 4. The Balaban J connectivity index is 2.74. The number of nitrogens with zero attached hydrogens (tertiary/aromatic N) is 1. The van der Waals surface area contributed by atoms with Crippen molar-refractivity contribution in [1.29, 1.82) is 0 Å². The van der Waals surface area contributed by atoms with Gasteiger partial charge in [0.25, 0.3) is 0 Å². The molecule has 0 saturated carbocycles. The van der Waals surface area contributed by atoms with Gasteiger partial charge in [-0.25, -0.2) is 9.78 Å². The Labute approximate surface area is 99.7 Å². The fraction of sp³-hybridized carbons (Fsp3) is 0.636. The first kappa shape index (κ1) is 13.0. The van der Waals surface area contributed by atoms with Gasteiger partial charge in [-0.1, -0.05) is 27.7 Å². The molecule has 0 aliphatic carbocycles. The highest BCUT2D eigenvalue weighted by atomic mass is 32.1. The molecule has 1 aromatic heterocycles. The van der Waals surface area contributed by atoms with Gasteiger partial charge in [-0.2, -0.15) is 0 Å². The van der Waals surface area contributed by atoms with Crippen LogP contribution < -0.4 is 5.32 Å². The molecule has 5 heteroatoms. The number of aliphatic carboxylic acids is 1. The van der Waals surface area contributed by atoms with Gasteiger partial charge in [-0.3, -0.25) is 0 Å². The van der Waals surface area contributed by atoms with Gasteiger partial charge >= 0.3 is 5.97 Å². The smallest absolute Gasteiger partial charge is 0.326 e. The molecule has 0 spiro atoms. The van der Waals surface area contributed by atoms with Crippen LogP contribution in [0.4, 0.5) is 5.13 Å². The molecule has 16 heavy (non-hydrogen) atoms.